The molecule has 0 unspecified atom stereocenters. The predicted molar refractivity (Wildman–Crippen MR) is 97.5 cm³/mol. The third kappa shape index (κ3) is 3.54. The van der Waals surface area contributed by atoms with Crippen LogP contribution in [0.25, 0.3) is 11.3 Å². The van der Waals surface area contributed by atoms with Crippen molar-refractivity contribution in [2.24, 2.45) is 0 Å². The summed E-state index contributed by atoms with van der Waals surface area (Å²) in [5.74, 6) is 0.522. The fourth-order valence-electron chi connectivity index (χ4n) is 2.98. The molecule has 27 heavy (non-hydrogen) atoms. The van der Waals surface area contributed by atoms with Gasteiger partial charge in [-0.05, 0) is 19.1 Å². The van der Waals surface area contributed by atoms with E-state index in [2.05, 4.69) is 5.16 Å². The maximum absolute atomic E-state index is 12.7. The number of rotatable bonds is 4. The van der Waals surface area contributed by atoms with Crippen molar-refractivity contribution in [1.29, 1.82) is 0 Å². The minimum atomic E-state index is -0.520. The summed E-state index contributed by atoms with van der Waals surface area (Å²) in [6, 6.07) is 12.8. The van der Waals surface area contributed by atoms with Crippen molar-refractivity contribution in [2.45, 2.75) is 20.1 Å². The van der Waals surface area contributed by atoms with Crippen LogP contribution < -0.4 is 4.74 Å². The first-order chi connectivity index (χ1) is 13.1. The highest BCUT2D eigenvalue weighted by molar-refractivity contribution is 6.30. The van der Waals surface area contributed by atoms with Gasteiger partial charge in [0.2, 0.25) is 0 Å². The SMILES string of the molecule is Cc1onc(-c2ccccc2)c1C(=O)OCc1cc(Cl)cc2c1OCOC2. The molecule has 2 heterocycles. The molecule has 0 amide bonds. The molecule has 0 spiro atoms. The summed E-state index contributed by atoms with van der Waals surface area (Å²) in [5.41, 5.74) is 3.05. The van der Waals surface area contributed by atoms with Crippen LogP contribution >= 0.6 is 11.6 Å². The second kappa shape index (κ2) is 7.42. The molecule has 7 heteroatoms. The summed E-state index contributed by atoms with van der Waals surface area (Å²) in [7, 11) is 0. The Morgan fingerprint density at radius 2 is 2.07 bits per heavy atom. The van der Waals surface area contributed by atoms with E-state index in [-0.39, 0.29) is 13.4 Å². The summed E-state index contributed by atoms with van der Waals surface area (Å²) in [6.45, 7) is 2.25. The standard InChI is InChI=1S/C20H16ClNO5/c1-12-17(18(22-27-12)13-5-3-2-4-6-13)20(23)25-10-15-8-16(21)7-14-9-24-11-26-19(14)15/h2-8H,9-11H2,1H3. The number of aryl methyl sites for hydroxylation is 1. The zero-order valence-corrected chi connectivity index (χ0v) is 15.3. The molecule has 0 bridgehead atoms. The molecule has 0 aliphatic carbocycles. The molecule has 4 rings (SSSR count). The Kier molecular flexibility index (Phi) is 4.83. The molecule has 3 aromatic rings. The van der Waals surface area contributed by atoms with E-state index < -0.39 is 5.97 Å². The van der Waals surface area contributed by atoms with Crippen molar-refractivity contribution in [1.82, 2.24) is 5.16 Å². The van der Waals surface area contributed by atoms with E-state index in [1.54, 1.807) is 19.1 Å². The summed E-state index contributed by atoms with van der Waals surface area (Å²) >= 11 is 6.15. The van der Waals surface area contributed by atoms with E-state index >= 15 is 0 Å². The molecule has 0 atom stereocenters. The van der Waals surface area contributed by atoms with E-state index in [1.807, 2.05) is 30.3 Å². The van der Waals surface area contributed by atoms with Gasteiger partial charge in [-0.25, -0.2) is 4.79 Å². The smallest absolute Gasteiger partial charge is 0.344 e. The number of hydrogen-bond acceptors (Lipinski definition) is 6. The maximum Gasteiger partial charge on any atom is 0.344 e. The number of carbonyl (C=O) groups excluding carboxylic acids is 1. The van der Waals surface area contributed by atoms with Crippen molar-refractivity contribution in [3.05, 3.63) is 69.9 Å². The third-order valence-corrected chi connectivity index (χ3v) is 4.44. The van der Waals surface area contributed by atoms with E-state index in [0.717, 1.165) is 11.1 Å². The molecule has 0 saturated heterocycles. The van der Waals surface area contributed by atoms with Gasteiger partial charge in [0.1, 0.15) is 29.4 Å². The Hall–Kier alpha value is -2.83. The van der Waals surface area contributed by atoms with Gasteiger partial charge in [0, 0.05) is 21.7 Å². The monoisotopic (exact) mass is 385 g/mol. The Bertz CT molecular complexity index is 984. The molecule has 6 nitrogen and oxygen atoms in total. The molecule has 2 aromatic carbocycles. The fourth-order valence-corrected chi connectivity index (χ4v) is 3.25. The normalized spacial score (nSPS) is 13.0. The zero-order chi connectivity index (χ0) is 18.8. The van der Waals surface area contributed by atoms with Crippen LogP contribution in [-0.4, -0.2) is 17.9 Å². The molecule has 0 saturated carbocycles. The second-order valence-electron chi connectivity index (χ2n) is 6.07. The molecular formula is C20H16ClNO5. The molecule has 0 N–H and O–H groups in total. The second-order valence-corrected chi connectivity index (χ2v) is 6.50. The summed E-state index contributed by atoms with van der Waals surface area (Å²) in [6.07, 6.45) is 0. The number of carbonyl (C=O) groups is 1. The minimum Gasteiger partial charge on any atom is -0.467 e. The Morgan fingerprint density at radius 1 is 1.26 bits per heavy atom. The van der Waals surface area contributed by atoms with Crippen LogP contribution in [0.5, 0.6) is 5.75 Å². The Balaban J connectivity index is 1.58. The topological polar surface area (TPSA) is 70.8 Å². The van der Waals surface area contributed by atoms with Crippen LogP contribution in [0, 0.1) is 6.92 Å². The number of fused-ring (bicyclic) bond motifs is 1. The lowest BCUT2D eigenvalue weighted by molar-refractivity contribution is -0.0180. The first-order valence-corrected chi connectivity index (χ1v) is 8.72. The van der Waals surface area contributed by atoms with Gasteiger partial charge in [0.05, 0.1) is 6.61 Å². The number of nitrogens with zero attached hydrogens (tertiary/aromatic N) is 1. The Labute approximate surface area is 160 Å². The maximum atomic E-state index is 12.7. The molecule has 0 fully saturated rings. The van der Waals surface area contributed by atoms with Crippen LogP contribution in [0.4, 0.5) is 0 Å². The van der Waals surface area contributed by atoms with Crippen molar-refractivity contribution < 1.29 is 23.5 Å². The van der Waals surface area contributed by atoms with Gasteiger partial charge in [0.25, 0.3) is 0 Å². The van der Waals surface area contributed by atoms with E-state index in [4.69, 9.17) is 30.3 Å². The van der Waals surface area contributed by atoms with E-state index in [9.17, 15) is 4.79 Å². The first kappa shape index (κ1) is 17.6. The number of hydrogen-bond donors (Lipinski definition) is 0. The number of benzene rings is 2. The molecule has 138 valence electrons. The van der Waals surface area contributed by atoms with Gasteiger partial charge >= 0.3 is 5.97 Å². The van der Waals surface area contributed by atoms with Crippen molar-refractivity contribution >= 4 is 17.6 Å². The van der Waals surface area contributed by atoms with Gasteiger partial charge in [-0.1, -0.05) is 47.1 Å². The molecule has 1 aliphatic rings. The quantitative estimate of drug-likeness (QED) is 0.614. The van der Waals surface area contributed by atoms with Crippen molar-refractivity contribution in [3.8, 4) is 17.0 Å². The number of ether oxygens (including phenoxy) is 3. The highest BCUT2D eigenvalue weighted by Gasteiger charge is 2.24. The van der Waals surface area contributed by atoms with Gasteiger partial charge < -0.3 is 18.7 Å². The zero-order valence-electron chi connectivity index (χ0n) is 14.5. The van der Waals surface area contributed by atoms with Crippen molar-refractivity contribution in [2.75, 3.05) is 6.79 Å². The fraction of sp³-hybridized carbons (Fsp3) is 0.200. The summed E-state index contributed by atoms with van der Waals surface area (Å²) in [5, 5.41) is 4.54. The molecule has 1 aromatic heterocycles. The molecular weight excluding hydrogens is 370 g/mol. The summed E-state index contributed by atoms with van der Waals surface area (Å²) in [4.78, 5) is 12.7. The average Bonchev–Trinajstić information content (AvgIpc) is 3.08. The number of halogens is 1. The Morgan fingerprint density at radius 3 is 2.89 bits per heavy atom. The van der Waals surface area contributed by atoms with E-state index in [1.165, 1.54) is 0 Å². The lowest BCUT2D eigenvalue weighted by Gasteiger charge is -2.21. The van der Waals surface area contributed by atoms with Gasteiger partial charge in [-0.3, -0.25) is 0 Å². The highest BCUT2D eigenvalue weighted by Crippen LogP contribution is 2.33. The van der Waals surface area contributed by atoms with Crippen LogP contribution in [-0.2, 0) is 22.7 Å². The van der Waals surface area contributed by atoms with Gasteiger partial charge in [0.15, 0.2) is 6.79 Å². The van der Waals surface area contributed by atoms with Crippen molar-refractivity contribution in [3.63, 3.8) is 0 Å². The van der Waals surface area contributed by atoms with Crippen LogP contribution in [0.15, 0.2) is 47.0 Å². The number of esters is 1. The third-order valence-electron chi connectivity index (χ3n) is 4.22. The predicted octanol–water partition coefficient (Wildman–Crippen LogP) is 4.53. The molecule has 0 radical (unpaired) electrons. The first-order valence-electron chi connectivity index (χ1n) is 8.34. The minimum absolute atomic E-state index is 0.0145. The largest absolute Gasteiger partial charge is 0.467 e. The van der Waals surface area contributed by atoms with Gasteiger partial charge in [-0.15, -0.1) is 0 Å². The summed E-state index contributed by atoms with van der Waals surface area (Å²) < 4.78 is 21.5. The lowest BCUT2D eigenvalue weighted by atomic mass is 10.1. The van der Waals surface area contributed by atoms with Crippen LogP contribution in [0.1, 0.15) is 27.2 Å². The molecule has 1 aliphatic heterocycles. The average molecular weight is 386 g/mol. The lowest BCUT2D eigenvalue weighted by Crippen LogP contribution is -2.14. The van der Waals surface area contributed by atoms with Crippen LogP contribution in [0.2, 0.25) is 5.02 Å². The van der Waals surface area contributed by atoms with Crippen LogP contribution in [0.3, 0.4) is 0 Å². The highest BCUT2D eigenvalue weighted by atomic mass is 35.5. The van der Waals surface area contributed by atoms with E-state index in [0.29, 0.717) is 40.0 Å². The van der Waals surface area contributed by atoms with Gasteiger partial charge in [-0.2, -0.15) is 0 Å². The number of aromatic nitrogens is 1.